The Morgan fingerprint density at radius 3 is 3.18 bits per heavy atom. The Kier molecular flexibility index (Phi) is 1.32. The molecule has 56 valence electrons. The Hall–Kier alpha value is -1.09. The number of aryl methyl sites for hydroxylation is 1. The van der Waals surface area contributed by atoms with E-state index in [0.29, 0.717) is 5.15 Å². The molecule has 3 nitrogen and oxygen atoms in total. The molecule has 0 aromatic carbocycles. The molecule has 2 aromatic heterocycles. The van der Waals surface area contributed by atoms with Crippen molar-refractivity contribution in [3.05, 3.63) is 23.5 Å². The van der Waals surface area contributed by atoms with Crippen LogP contribution in [0.25, 0.3) is 11.0 Å². The van der Waals surface area contributed by atoms with Crippen LogP contribution < -0.4 is 4.68 Å². The molecule has 2 aromatic rings. The minimum atomic E-state index is 0.514. The average Bonchev–Trinajstić information content (AvgIpc) is 2.27. The third-order valence-corrected chi connectivity index (χ3v) is 1.72. The Balaban J connectivity index is 2.82. The number of aromatic amines is 1. The van der Waals surface area contributed by atoms with E-state index >= 15 is 0 Å². The zero-order valence-electron chi connectivity index (χ0n) is 6.00. The van der Waals surface area contributed by atoms with Crippen LogP contribution in [0, 0.1) is 0 Å². The van der Waals surface area contributed by atoms with Crippen molar-refractivity contribution in [2.24, 2.45) is 7.05 Å². The lowest BCUT2D eigenvalue weighted by Gasteiger charge is -1.84. The van der Waals surface area contributed by atoms with Gasteiger partial charge in [-0.3, -0.25) is 0 Å². The van der Waals surface area contributed by atoms with Crippen molar-refractivity contribution < 1.29 is 4.68 Å². The molecule has 0 atom stereocenters. The normalized spacial score (nSPS) is 10.7. The molecule has 0 aliphatic carbocycles. The third-order valence-electron chi connectivity index (χ3n) is 1.51. The summed E-state index contributed by atoms with van der Waals surface area (Å²) in [6, 6.07) is 3.71. The molecule has 0 bridgehead atoms. The second kappa shape index (κ2) is 2.20. The summed E-state index contributed by atoms with van der Waals surface area (Å²) < 4.78 is 1.84. The quantitative estimate of drug-likeness (QED) is 0.463. The molecule has 0 aliphatic rings. The number of pyridine rings is 1. The minimum Gasteiger partial charge on any atom is -0.213 e. The number of fused-ring (bicyclic) bond motifs is 1. The van der Waals surface area contributed by atoms with Crippen molar-refractivity contribution in [2.75, 3.05) is 0 Å². The molecule has 2 heterocycles. The lowest BCUT2D eigenvalue weighted by molar-refractivity contribution is -0.724. The number of rotatable bonds is 0. The molecule has 0 fully saturated rings. The molecule has 0 saturated carbocycles. The summed E-state index contributed by atoms with van der Waals surface area (Å²) in [5.41, 5.74) is 0.819. The second-order valence-electron chi connectivity index (χ2n) is 2.42. The zero-order valence-corrected chi connectivity index (χ0v) is 6.76. The highest BCUT2D eigenvalue weighted by atomic mass is 35.5. The van der Waals surface area contributed by atoms with Gasteiger partial charge in [-0.1, -0.05) is 11.6 Å². The van der Waals surface area contributed by atoms with E-state index in [1.54, 1.807) is 6.07 Å². The van der Waals surface area contributed by atoms with E-state index in [-0.39, 0.29) is 0 Å². The first-order valence-corrected chi connectivity index (χ1v) is 3.64. The maximum Gasteiger partial charge on any atom is 0.204 e. The highest BCUT2D eigenvalue weighted by Gasteiger charge is 2.03. The van der Waals surface area contributed by atoms with E-state index in [1.807, 2.05) is 24.0 Å². The van der Waals surface area contributed by atoms with E-state index in [1.165, 1.54) is 0 Å². The molecular weight excluding hydrogens is 162 g/mol. The molecule has 0 radical (unpaired) electrons. The standard InChI is InChI=1S/C7H6ClN3/c1-11-4-5-2-3-6(8)9-7(5)10-11/h2-4H,1H3/p+1. The molecular formula is C7H7ClN3+. The van der Waals surface area contributed by atoms with Gasteiger partial charge in [-0.05, 0) is 12.1 Å². The molecule has 1 N–H and O–H groups in total. The van der Waals surface area contributed by atoms with Crippen LogP contribution in [-0.4, -0.2) is 10.1 Å². The number of hydrogen-bond acceptors (Lipinski definition) is 1. The largest absolute Gasteiger partial charge is 0.213 e. The van der Waals surface area contributed by atoms with Gasteiger partial charge in [0.15, 0.2) is 12.7 Å². The number of H-pyrrole nitrogens is 1. The molecule has 2 rings (SSSR count). The summed E-state index contributed by atoms with van der Waals surface area (Å²) in [6.45, 7) is 0. The smallest absolute Gasteiger partial charge is 0.204 e. The Bertz CT molecular complexity index is 393. The monoisotopic (exact) mass is 168 g/mol. The maximum atomic E-state index is 5.69. The summed E-state index contributed by atoms with van der Waals surface area (Å²) in [7, 11) is 1.91. The highest BCUT2D eigenvalue weighted by molar-refractivity contribution is 6.29. The molecule has 0 unspecified atom stereocenters. The Labute approximate surface area is 68.6 Å². The first kappa shape index (κ1) is 6.61. The van der Waals surface area contributed by atoms with E-state index in [4.69, 9.17) is 11.6 Å². The van der Waals surface area contributed by atoms with Crippen LogP contribution in [0.1, 0.15) is 0 Å². The number of nitrogens with zero attached hydrogens (tertiary/aromatic N) is 2. The van der Waals surface area contributed by atoms with Gasteiger partial charge in [0.1, 0.15) is 5.15 Å². The van der Waals surface area contributed by atoms with Crippen molar-refractivity contribution >= 4 is 22.6 Å². The van der Waals surface area contributed by atoms with E-state index in [9.17, 15) is 0 Å². The molecule has 4 heteroatoms. The summed E-state index contributed by atoms with van der Waals surface area (Å²) in [5.74, 6) is 0. The maximum absolute atomic E-state index is 5.69. The van der Waals surface area contributed by atoms with Crippen molar-refractivity contribution in [1.82, 2.24) is 10.1 Å². The highest BCUT2D eigenvalue weighted by Crippen LogP contribution is 2.10. The van der Waals surface area contributed by atoms with E-state index in [2.05, 4.69) is 10.1 Å². The van der Waals surface area contributed by atoms with Gasteiger partial charge in [-0.15, -0.1) is 9.78 Å². The fourth-order valence-electron chi connectivity index (χ4n) is 1.05. The van der Waals surface area contributed by atoms with Crippen LogP contribution in [0.15, 0.2) is 18.3 Å². The summed E-state index contributed by atoms with van der Waals surface area (Å²) in [6.07, 6.45) is 1.96. The lowest BCUT2D eigenvalue weighted by Crippen LogP contribution is -2.28. The minimum absolute atomic E-state index is 0.514. The van der Waals surface area contributed by atoms with E-state index < -0.39 is 0 Å². The van der Waals surface area contributed by atoms with Gasteiger partial charge in [-0.25, -0.2) is 4.98 Å². The summed E-state index contributed by atoms with van der Waals surface area (Å²) in [4.78, 5) is 4.09. The van der Waals surface area contributed by atoms with E-state index in [0.717, 1.165) is 11.0 Å². The molecule has 0 amide bonds. The van der Waals surface area contributed by atoms with Gasteiger partial charge >= 0.3 is 0 Å². The summed E-state index contributed by atoms with van der Waals surface area (Å²) in [5, 5.41) is 4.60. The van der Waals surface area contributed by atoms with Crippen LogP contribution in [0.2, 0.25) is 5.15 Å². The Morgan fingerprint density at radius 1 is 1.55 bits per heavy atom. The van der Waals surface area contributed by atoms with Crippen molar-refractivity contribution in [3.63, 3.8) is 0 Å². The zero-order chi connectivity index (χ0) is 7.84. The number of aromatic nitrogens is 3. The Morgan fingerprint density at radius 2 is 2.36 bits per heavy atom. The van der Waals surface area contributed by atoms with Crippen LogP contribution >= 0.6 is 11.6 Å². The van der Waals surface area contributed by atoms with Gasteiger partial charge in [0.2, 0.25) is 6.20 Å². The number of halogens is 1. The van der Waals surface area contributed by atoms with Crippen molar-refractivity contribution in [1.29, 1.82) is 0 Å². The molecule has 0 saturated heterocycles. The molecule has 0 spiro atoms. The van der Waals surface area contributed by atoms with Crippen LogP contribution in [0.4, 0.5) is 0 Å². The number of nitrogens with one attached hydrogen (secondary N) is 1. The fraction of sp³-hybridized carbons (Fsp3) is 0.143. The lowest BCUT2D eigenvalue weighted by atomic mass is 10.4. The van der Waals surface area contributed by atoms with Crippen LogP contribution in [0.3, 0.4) is 0 Å². The molecule has 11 heavy (non-hydrogen) atoms. The van der Waals surface area contributed by atoms with Gasteiger partial charge in [0, 0.05) is 0 Å². The average molecular weight is 169 g/mol. The van der Waals surface area contributed by atoms with Crippen LogP contribution in [0.5, 0.6) is 0 Å². The fourth-order valence-corrected chi connectivity index (χ4v) is 1.20. The topological polar surface area (TPSA) is 32.6 Å². The number of hydrogen-bond donors (Lipinski definition) is 1. The predicted molar refractivity (Wildman–Crippen MR) is 42.3 cm³/mol. The van der Waals surface area contributed by atoms with Gasteiger partial charge in [-0.2, -0.15) is 0 Å². The van der Waals surface area contributed by atoms with Crippen LogP contribution in [-0.2, 0) is 7.05 Å². The van der Waals surface area contributed by atoms with Crippen molar-refractivity contribution in [2.45, 2.75) is 0 Å². The first-order valence-electron chi connectivity index (χ1n) is 3.26. The first-order chi connectivity index (χ1) is 5.25. The third kappa shape index (κ3) is 1.07. The molecule has 0 aliphatic heterocycles. The van der Waals surface area contributed by atoms with Gasteiger partial charge < -0.3 is 0 Å². The second-order valence-corrected chi connectivity index (χ2v) is 2.81. The SMILES string of the molecule is C[n+]1cc2ccc(Cl)nc2[nH]1. The van der Waals surface area contributed by atoms with Gasteiger partial charge in [0.25, 0.3) is 0 Å². The van der Waals surface area contributed by atoms with Gasteiger partial charge in [0.05, 0.1) is 5.39 Å². The van der Waals surface area contributed by atoms with Crippen molar-refractivity contribution in [3.8, 4) is 0 Å². The predicted octanol–water partition coefficient (Wildman–Crippen LogP) is 1.04. The summed E-state index contributed by atoms with van der Waals surface area (Å²) >= 11 is 5.69.